The number of amides is 1. The lowest BCUT2D eigenvalue weighted by Gasteiger charge is -2.19. The molecule has 3 nitrogen and oxygen atoms in total. The van der Waals surface area contributed by atoms with Crippen LogP contribution in [0.5, 0.6) is 0 Å². The average Bonchev–Trinajstić information content (AvgIpc) is 2.85. The molecule has 98 valence electrons. The fourth-order valence-electron chi connectivity index (χ4n) is 2.55. The van der Waals surface area contributed by atoms with Gasteiger partial charge in [0.1, 0.15) is 0 Å². The van der Waals surface area contributed by atoms with Gasteiger partial charge in [-0.15, -0.1) is 0 Å². The van der Waals surface area contributed by atoms with Crippen molar-refractivity contribution in [2.75, 3.05) is 25.0 Å². The van der Waals surface area contributed by atoms with E-state index in [0.717, 1.165) is 18.8 Å². The Bertz CT molecular complexity index is 425. The molecule has 1 aliphatic rings. The van der Waals surface area contributed by atoms with Gasteiger partial charge in [-0.05, 0) is 56.4 Å². The van der Waals surface area contributed by atoms with Gasteiger partial charge in [0.15, 0.2) is 0 Å². The highest BCUT2D eigenvalue weighted by molar-refractivity contribution is 5.80. The van der Waals surface area contributed by atoms with Crippen molar-refractivity contribution in [2.45, 2.75) is 33.1 Å². The standard InChI is InChI=1S/C15H22N2O/c1-3-17(4-2)15(18)11-16-14-9-8-12-6-5-7-13(12)10-14/h8-10,16H,3-7,11H2,1-2H3. The summed E-state index contributed by atoms with van der Waals surface area (Å²) < 4.78 is 0. The van der Waals surface area contributed by atoms with Gasteiger partial charge in [-0.2, -0.15) is 0 Å². The molecule has 1 N–H and O–H groups in total. The molecule has 0 unspecified atom stereocenters. The molecule has 0 fully saturated rings. The van der Waals surface area contributed by atoms with Crippen molar-refractivity contribution in [3.63, 3.8) is 0 Å². The SMILES string of the molecule is CCN(CC)C(=O)CNc1ccc2c(c1)CCC2. The third-order valence-electron chi connectivity index (χ3n) is 3.66. The van der Waals surface area contributed by atoms with Gasteiger partial charge in [0.25, 0.3) is 0 Å². The van der Waals surface area contributed by atoms with Crippen LogP contribution in [0, 0.1) is 0 Å². The fourth-order valence-corrected chi connectivity index (χ4v) is 2.55. The molecule has 0 spiro atoms. The van der Waals surface area contributed by atoms with Crippen molar-refractivity contribution in [3.8, 4) is 0 Å². The Balaban J connectivity index is 1.92. The van der Waals surface area contributed by atoms with E-state index in [2.05, 4.69) is 23.5 Å². The zero-order chi connectivity index (χ0) is 13.0. The molecule has 0 aromatic heterocycles. The van der Waals surface area contributed by atoms with Gasteiger partial charge >= 0.3 is 0 Å². The summed E-state index contributed by atoms with van der Waals surface area (Å²) in [5, 5.41) is 3.23. The smallest absolute Gasteiger partial charge is 0.241 e. The highest BCUT2D eigenvalue weighted by atomic mass is 16.2. The number of hydrogen-bond acceptors (Lipinski definition) is 2. The van der Waals surface area contributed by atoms with E-state index in [1.807, 2.05) is 18.7 Å². The van der Waals surface area contributed by atoms with E-state index in [-0.39, 0.29) is 5.91 Å². The van der Waals surface area contributed by atoms with Gasteiger partial charge in [0.2, 0.25) is 5.91 Å². The predicted octanol–water partition coefficient (Wildman–Crippen LogP) is 2.46. The maximum Gasteiger partial charge on any atom is 0.241 e. The molecule has 0 saturated carbocycles. The van der Waals surface area contributed by atoms with E-state index in [0.29, 0.717) is 6.54 Å². The molecular formula is C15H22N2O. The summed E-state index contributed by atoms with van der Waals surface area (Å²) in [6, 6.07) is 6.46. The van der Waals surface area contributed by atoms with Gasteiger partial charge in [-0.25, -0.2) is 0 Å². The predicted molar refractivity (Wildman–Crippen MR) is 74.9 cm³/mol. The van der Waals surface area contributed by atoms with E-state index in [4.69, 9.17) is 0 Å². The largest absolute Gasteiger partial charge is 0.376 e. The minimum Gasteiger partial charge on any atom is -0.376 e. The van der Waals surface area contributed by atoms with Crippen LogP contribution in [-0.4, -0.2) is 30.4 Å². The maximum atomic E-state index is 11.9. The number of fused-ring (bicyclic) bond motifs is 1. The van der Waals surface area contributed by atoms with E-state index in [1.165, 1.54) is 30.4 Å². The van der Waals surface area contributed by atoms with Crippen molar-refractivity contribution in [1.82, 2.24) is 4.90 Å². The van der Waals surface area contributed by atoms with Gasteiger partial charge in [-0.3, -0.25) is 4.79 Å². The number of benzene rings is 1. The van der Waals surface area contributed by atoms with Crippen LogP contribution in [0.3, 0.4) is 0 Å². The second-order valence-electron chi connectivity index (χ2n) is 4.76. The Morgan fingerprint density at radius 2 is 1.94 bits per heavy atom. The maximum absolute atomic E-state index is 11.9. The lowest BCUT2D eigenvalue weighted by molar-refractivity contribution is -0.128. The van der Waals surface area contributed by atoms with E-state index in [1.54, 1.807) is 0 Å². The van der Waals surface area contributed by atoms with E-state index in [9.17, 15) is 4.79 Å². The van der Waals surface area contributed by atoms with Gasteiger partial charge in [0, 0.05) is 18.8 Å². The van der Waals surface area contributed by atoms with Crippen LogP contribution in [-0.2, 0) is 17.6 Å². The number of carbonyl (C=O) groups excluding carboxylic acids is 1. The Labute approximate surface area is 109 Å². The molecule has 1 aromatic rings. The summed E-state index contributed by atoms with van der Waals surface area (Å²) in [5.74, 6) is 0.167. The van der Waals surface area contributed by atoms with Crippen molar-refractivity contribution < 1.29 is 4.79 Å². The first-order valence-corrected chi connectivity index (χ1v) is 6.88. The van der Waals surface area contributed by atoms with Crippen LogP contribution in [0.2, 0.25) is 0 Å². The van der Waals surface area contributed by atoms with Crippen LogP contribution in [0.25, 0.3) is 0 Å². The van der Waals surface area contributed by atoms with Crippen molar-refractivity contribution in [3.05, 3.63) is 29.3 Å². The quantitative estimate of drug-likeness (QED) is 0.865. The molecule has 0 bridgehead atoms. The Hall–Kier alpha value is -1.51. The highest BCUT2D eigenvalue weighted by Gasteiger charge is 2.12. The zero-order valence-electron chi connectivity index (χ0n) is 11.3. The van der Waals surface area contributed by atoms with Crippen LogP contribution < -0.4 is 5.32 Å². The van der Waals surface area contributed by atoms with Crippen LogP contribution >= 0.6 is 0 Å². The number of rotatable bonds is 5. The van der Waals surface area contributed by atoms with Crippen LogP contribution in [0.4, 0.5) is 5.69 Å². The first kappa shape index (κ1) is 12.9. The number of likely N-dealkylation sites (N-methyl/N-ethyl adjacent to an activating group) is 1. The van der Waals surface area contributed by atoms with Gasteiger partial charge in [0.05, 0.1) is 6.54 Å². The topological polar surface area (TPSA) is 32.3 Å². The Morgan fingerprint density at radius 3 is 2.67 bits per heavy atom. The van der Waals surface area contributed by atoms with E-state index < -0.39 is 0 Å². The zero-order valence-corrected chi connectivity index (χ0v) is 11.3. The molecule has 0 radical (unpaired) electrons. The molecule has 1 amide bonds. The molecule has 0 heterocycles. The average molecular weight is 246 g/mol. The molecular weight excluding hydrogens is 224 g/mol. The molecule has 2 rings (SSSR count). The minimum absolute atomic E-state index is 0.167. The van der Waals surface area contributed by atoms with Gasteiger partial charge < -0.3 is 10.2 Å². The first-order valence-electron chi connectivity index (χ1n) is 6.88. The second-order valence-corrected chi connectivity index (χ2v) is 4.76. The molecule has 1 aromatic carbocycles. The molecule has 3 heteroatoms. The summed E-state index contributed by atoms with van der Waals surface area (Å²) in [5.41, 5.74) is 3.97. The summed E-state index contributed by atoms with van der Waals surface area (Å²) in [6.45, 7) is 5.97. The number of nitrogens with one attached hydrogen (secondary N) is 1. The summed E-state index contributed by atoms with van der Waals surface area (Å²) in [4.78, 5) is 13.7. The van der Waals surface area contributed by atoms with Crippen molar-refractivity contribution in [2.24, 2.45) is 0 Å². The lowest BCUT2D eigenvalue weighted by Crippen LogP contribution is -2.35. The first-order chi connectivity index (χ1) is 8.74. The number of hydrogen-bond donors (Lipinski definition) is 1. The lowest BCUT2D eigenvalue weighted by atomic mass is 10.1. The molecule has 0 atom stereocenters. The number of aryl methyl sites for hydroxylation is 2. The molecule has 0 aliphatic heterocycles. The Morgan fingerprint density at radius 1 is 1.22 bits per heavy atom. The number of anilines is 1. The normalized spacial score (nSPS) is 13.2. The third kappa shape index (κ3) is 2.84. The minimum atomic E-state index is 0.167. The van der Waals surface area contributed by atoms with Crippen molar-refractivity contribution >= 4 is 11.6 Å². The fraction of sp³-hybridized carbons (Fsp3) is 0.533. The number of carbonyl (C=O) groups is 1. The van der Waals surface area contributed by atoms with Crippen LogP contribution in [0.1, 0.15) is 31.4 Å². The molecule has 18 heavy (non-hydrogen) atoms. The highest BCUT2D eigenvalue weighted by Crippen LogP contribution is 2.24. The summed E-state index contributed by atoms with van der Waals surface area (Å²) in [7, 11) is 0. The summed E-state index contributed by atoms with van der Waals surface area (Å²) in [6.07, 6.45) is 3.64. The second kappa shape index (κ2) is 5.89. The summed E-state index contributed by atoms with van der Waals surface area (Å²) >= 11 is 0. The van der Waals surface area contributed by atoms with Crippen molar-refractivity contribution in [1.29, 1.82) is 0 Å². The Kier molecular flexibility index (Phi) is 4.24. The number of nitrogens with zero attached hydrogens (tertiary/aromatic N) is 1. The van der Waals surface area contributed by atoms with Crippen LogP contribution in [0.15, 0.2) is 18.2 Å². The monoisotopic (exact) mass is 246 g/mol. The molecule has 1 aliphatic carbocycles. The third-order valence-corrected chi connectivity index (χ3v) is 3.66. The molecule has 0 saturated heterocycles. The van der Waals surface area contributed by atoms with E-state index >= 15 is 0 Å². The van der Waals surface area contributed by atoms with Gasteiger partial charge in [-0.1, -0.05) is 6.07 Å².